The Bertz CT molecular complexity index is 167. The summed E-state index contributed by atoms with van der Waals surface area (Å²) in [6.45, 7) is 8.83. The molecular weight excluding hydrogens is 208 g/mol. The minimum atomic E-state index is -1.89. The van der Waals surface area contributed by atoms with E-state index in [0.717, 1.165) is 26.1 Å². The molecule has 0 N–H and O–H groups in total. The van der Waals surface area contributed by atoms with Gasteiger partial charge in [0.25, 0.3) is 0 Å². The van der Waals surface area contributed by atoms with E-state index in [1.54, 1.807) is 0 Å². The van der Waals surface area contributed by atoms with E-state index in [9.17, 15) is 0 Å². The molecule has 1 saturated heterocycles. The van der Waals surface area contributed by atoms with Crippen molar-refractivity contribution >= 4 is 8.56 Å². The van der Waals surface area contributed by atoms with E-state index in [-0.39, 0.29) is 0 Å². The average Bonchev–Trinajstić information content (AvgIpc) is 2.68. The molecule has 1 rings (SSSR count). The molecule has 0 aliphatic carbocycles. The Hall–Kier alpha value is 0.0969. The highest BCUT2D eigenvalue weighted by molar-refractivity contribution is 6.64. The van der Waals surface area contributed by atoms with Gasteiger partial charge in [-0.05, 0) is 32.4 Å². The molecule has 0 bridgehead atoms. The minimum absolute atomic E-state index is 0.312. The predicted octanol–water partition coefficient (Wildman–Crippen LogP) is 2.70. The molecule has 1 aliphatic heterocycles. The molecule has 0 spiro atoms. The first-order valence-corrected chi connectivity index (χ1v) is 8.85. The summed E-state index contributed by atoms with van der Waals surface area (Å²) in [6, 6.07) is 0. The van der Waals surface area contributed by atoms with E-state index in [4.69, 9.17) is 13.6 Å². The molecule has 0 saturated carbocycles. The first-order valence-electron chi connectivity index (χ1n) is 6.03. The summed E-state index contributed by atoms with van der Waals surface area (Å²) >= 11 is 0. The highest BCUT2D eigenvalue weighted by Crippen LogP contribution is 2.15. The van der Waals surface area contributed by atoms with Gasteiger partial charge in [-0.3, -0.25) is 0 Å². The van der Waals surface area contributed by atoms with Crippen molar-refractivity contribution in [2.45, 2.75) is 51.8 Å². The van der Waals surface area contributed by atoms with Crippen LogP contribution >= 0.6 is 0 Å². The predicted molar refractivity (Wildman–Crippen MR) is 63.3 cm³/mol. The summed E-state index contributed by atoms with van der Waals surface area (Å²) in [5.41, 5.74) is 0. The van der Waals surface area contributed by atoms with Crippen LogP contribution in [0.15, 0.2) is 0 Å². The Morgan fingerprint density at radius 1 is 1.33 bits per heavy atom. The fraction of sp³-hybridized carbons (Fsp3) is 1.00. The lowest BCUT2D eigenvalue weighted by atomic mass is 10.2. The van der Waals surface area contributed by atoms with Crippen LogP contribution in [0.25, 0.3) is 0 Å². The van der Waals surface area contributed by atoms with Crippen LogP contribution in [0.5, 0.6) is 0 Å². The fourth-order valence-corrected chi connectivity index (χ4v) is 2.88. The highest BCUT2D eigenvalue weighted by atomic mass is 28.4. The van der Waals surface area contributed by atoms with Crippen molar-refractivity contribution < 1.29 is 13.6 Å². The summed E-state index contributed by atoms with van der Waals surface area (Å²) < 4.78 is 17.2. The monoisotopic (exact) mass is 232 g/mol. The van der Waals surface area contributed by atoms with Crippen molar-refractivity contribution in [2.75, 3.05) is 19.8 Å². The molecule has 0 aromatic heterocycles. The summed E-state index contributed by atoms with van der Waals surface area (Å²) in [5.74, 6) is 0. The number of ether oxygens (including phenoxy) is 1. The van der Waals surface area contributed by atoms with E-state index in [1.165, 1.54) is 12.8 Å². The second kappa shape index (κ2) is 6.63. The van der Waals surface area contributed by atoms with Crippen LogP contribution in [0.3, 0.4) is 0 Å². The van der Waals surface area contributed by atoms with E-state index < -0.39 is 8.56 Å². The Labute approximate surface area is 94.4 Å². The van der Waals surface area contributed by atoms with Crippen LogP contribution in [-0.2, 0) is 13.6 Å². The van der Waals surface area contributed by atoms with Crippen LogP contribution < -0.4 is 0 Å². The second-order valence-corrected chi connectivity index (χ2v) is 7.92. The molecule has 0 amide bonds. The Morgan fingerprint density at radius 2 is 2.13 bits per heavy atom. The molecule has 15 heavy (non-hydrogen) atoms. The lowest BCUT2D eigenvalue weighted by Crippen LogP contribution is -2.37. The minimum Gasteiger partial charge on any atom is -0.395 e. The van der Waals surface area contributed by atoms with Gasteiger partial charge in [0.1, 0.15) is 0 Å². The van der Waals surface area contributed by atoms with Crippen molar-refractivity contribution in [3.05, 3.63) is 0 Å². The van der Waals surface area contributed by atoms with Crippen LogP contribution in [0.2, 0.25) is 13.1 Å². The quantitative estimate of drug-likeness (QED) is 0.499. The Kier molecular flexibility index (Phi) is 5.82. The van der Waals surface area contributed by atoms with Gasteiger partial charge in [-0.25, -0.2) is 0 Å². The fourth-order valence-electron chi connectivity index (χ4n) is 1.57. The van der Waals surface area contributed by atoms with Crippen molar-refractivity contribution in [3.8, 4) is 0 Å². The molecular formula is C11H24O3Si. The van der Waals surface area contributed by atoms with Gasteiger partial charge in [0.05, 0.1) is 12.7 Å². The number of hydrogen-bond donors (Lipinski definition) is 0. The van der Waals surface area contributed by atoms with Crippen LogP contribution in [0, 0.1) is 0 Å². The van der Waals surface area contributed by atoms with Gasteiger partial charge in [0.15, 0.2) is 0 Å². The van der Waals surface area contributed by atoms with E-state index >= 15 is 0 Å². The average molecular weight is 232 g/mol. The molecule has 0 aromatic carbocycles. The maximum atomic E-state index is 5.85. The molecule has 1 unspecified atom stereocenters. The standard InChI is InChI=1S/C11H24O3Si/c1-4-5-9-13-15(2,3)14-10-11-7-6-8-12-11/h11H,4-10H2,1-3H3. The largest absolute Gasteiger partial charge is 0.395 e. The van der Waals surface area contributed by atoms with Crippen molar-refractivity contribution in [3.63, 3.8) is 0 Å². The smallest absolute Gasteiger partial charge is 0.331 e. The topological polar surface area (TPSA) is 27.7 Å². The zero-order valence-electron chi connectivity index (χ0n) is 10.3. The number of hydrogen-bond acceptors (Lipinski definition) is 3. The molecule has 4 heteroatoms. The third-order valence-corrected chi connectivity index (χ3v) is 4.35. The third kappa shape index (κ3) is 5.66. The van der Waals surface area contributed by atoms with Crippen molar-refractivity contribution in [1.29, 1.82) is 0 Å². The SMILES string of the molecule is CCCCO[Si](C)(C)OCC1CCCO1. The van der Waals surface area contributed by atoms with Crippen molar-refractivity contribution in [1.82, 2.24) is 0 Å². The maximum absolute atomic E-state index is 5.85. The lowest BCUT2D eigenvalue weighted by molar-refractivity contribution is 0.0505. The number of unbranched alkanes of at least 4 members (excludes halogenated alkanes) is 1. The van der Waals surface area contributed by atoms with Gasteiger partial charge in [-0.2, -0.15) is 0 Å². The van der Waals surface area contributed by atoms with Crippen LogP contribution in [-0.4, -0.2) is 34.5 Å². The maximum Gasteiger partial charge on any atom is 0.331 e. The Morgan fingerprint density at radius 3 is 2.73 bits per heavy atom. The van der Waals surface area contributed by atoms with E-state index in [0.29, 0.717) is 12.7 Å². The Balaban J connectivity index is 2.10. The van der Waals surface area contributed by atoms with E-state index in [1.807, 2.05) is 0 Å². The second-order valence-electron chi connectivity index (χ2n) is 4.55. The molecule has 3 nitrogen and oxygen atoms in total. The van der Waals surface area contributed by atoms with Gasteiger partial charge in [-0.1, -0.05) is 13.3 Å². The zero-order valence-corrected chi connectivity index (χ0v) is 11.3. The van der Waals surface area contributed by atoms with Gasteiger partial charge < -0.3 is 13.6 Å². The molecule has 1 fully saturated rings. The molecule has 1 heterocycles. The van der Waals surface area contributed by atoms with E-state index in [2.05, 4.69) is 20.0 Å². The molecule has 90 valence electrons. The van der Waals surface area contributed by atoms with Crippen molar-refractivity contribution in [2.24, 2.45) is 0 Å². The highest BCUT2D eigenvalue weighted by Gasteiger charge is 2.27. The molecule has 0 radical (unpaired) electrons. The summed E-state index contributed by atoms with van der Waals surface area (Å²) in [7, 11) is -1.89. The summed E-state index contributed by atoms with van der Waals surface area (Å²) in [5, 5.41) is 0. The third-order valence-electron chi connectivity index (χ3n) is 2.59. The van der Waals surface area contributed by atoms with Gasteiger partial charge in [0.2, 0.25) is 0 Å². The molecule has 0 aromatic rings. The van der Waals surface area contributed by atoms with Gasteiger partial charge in [-0.15, -0.1) is 0 Å². The van der Waals surface area contributed by atoms with Crippen LogP contribution in [0.4, 0.5) is 0 Å². The first kappa shape index (κ1) is 13.2. The lowest BCUT2D eigenvalue weighted by Gasteiger charge is -2.24. The number of rotatable bonds is 7. The summed E-state index contributed by atoms with van der Waals surface area (Å²) in [4.78, 5) is 0. The summed E-state index contributed by atoms with van der Waals surface area (Å²) in [6.07, 6.45) is 4.92. The normalized spacial score (nSPS) is 22.2. The van der Waals surface area contributed by atoms with Gasteiger partial charge in [0, 0.05) is 13.2 Å². The van der Waals surface area contributed by atoms with Crippen LogP contribution in [0.1, 0.15) is 32.6 Å². The zero-order chi connectivity index (χ0) is 11.1. The molecule has 1 atom stereocenters. The van der Waals surface area contributed by atoms with Gasteiger partial charge >= 0.3 is 8.56 Å². The molecule has 1 aliphatic rings. The first-order chi connectivity index (χ1) is 7.14.